The first kappa shape index (κ1) is 32.7. The number of hydrogen-bond acceptors (Lipinski definition) is 7. The standard InChI is InChI=1S/C39H45FN6O4/c1-49-27-9-10-32-28(19-27)26(21-44-32)12-14-42-35-31(40)20-29-36-38(35)50-34-11-8-25(24-6-3-2-4-7-24)18-33(34)46(36)22-30(37(29)47)39(48)43-13-5-16-45-17-15-41-23-45/h2-4,6-7,9-10,15,17,19,21-23,25,29,31,33-36,38,42,44H,5,8,11-14,16,18,20H2,1H3,(H,43,48). The van der Waals surface area contributed by atoms with E-state index in [1.807, 2.05) is 41.2 Å². The van der Waals surface area contributed by atoms with Gasteiger partial charge in [0.15, 0.2) is 5.78 Å². The SMILES string of the molecule is COc1ccc2[nH]cc(CCNC3C(F)CC4C(=O)C(C(=O)NCCCn5ccnc5)=CN5C6CC(c7ccccc7)CCC6OC3C45)c2c1. The highest BCUT2D eigenvalue weighted by Gasteiger charge is 2.58. The number of benzene rings is 2. The van der Waals surface area contributed by atoms with Crippen molar-refractivity contribution in [2.45, 2.75) is 87.5 Å². The van der Waals surface area contributed by atoms with Gasteiger partial charge in [-0.25, -0.2) is 9.37 Å². The van der Waals surface area contributed by atoms with Gasteiger partial charge >= 0.3 is 0 Å². The maximum atomic E-state index is 16.4. The van der Waals surface area contributed by atoms with Crippen LogP contribution in [0.1, 0.15) is 49.1 Å². The number of halogens is 1. The highest BCUT2D eigenvalue weighted by Crippen LogP contribution is 2.48. The molecule has 10 nitrogen and oxygen atoms in total. The second-order valence-electron chi connectivity index (χ2n) is 14.2. The summed E-state index contributed by atoms with van der Waals surface area (Å²) in [4.78, 5) is 37.3. The van der Waals surface area contributed by atoms with Gasteiger partial charge in [0, 0.05) is 54.7 Å². The average Bonchev–Trinajstić information content (AvgIpc) is 3.82. The number of aryl methyl sites for hydroxylation is 1. The molecule has 0 radical (unpaired) electrons. The third-order valence-electron chi connectivity index (χ3n) is 11.4. The van der Waals surface area contributed by atoms with Gasteiger partial charge in [0.1, 0.15) is 11.9 Å². The van der Waals surface area contributed by atoms with Crippen LogP contribution in [0.3, 0.4) is 0 Å². The van der Waals surface area contributed by atoms with Gasteiger partial charge in [-0.1, -0.05) is 30.3 Å². The number of carbonyl (C=O) groups is 2. The van der Waals surface area contributed by atoms with Gasteiger partial charge in [-0.2, -0.15) is 0 Å². The average molecular weight is 681 g/mol. The number of methoxy groups -OCH3 is 1. The maximum Gasteiger partial charge on any atom is 0.256 e. The first-order valence-electron chi connectivity index (χ1n) is 18.0. The summed E-state index contributed by atoms with van der Waals surface area (Å²) in [7, 11) is 1.66. The van der Waals surface area contributed by atoms with Crippen molar-refractivity contribution in [1.82, 2.24) is 30.1 Å². The molecule has 3 fully saturated rings. The number of nitrogens with zero attached hydrogens (tertiary/aromatic N) is 3. The van der Waals surface area contributed by atoms with Crippen molar-refractivity contribution < 1.29 is 23.5 Å². The molecule has 8 unspecified atom stereocenters. The molecule has 1 saturated heterocycles. The van der Waals surface area contributed by atoms with E-state index in [1.165, 1.54) is 5.56 Å². The molecule has 0 spiro atoms. The zero-order chi connectivity index (χ0) is 34.2. The molecule has 262 valence electrons. The molecule has 8 atom stereocenters. The number of rotatable bonds is 11. The quantitative estimate of drug-likeness (QED) is 0.156. The van der Waals surface area contributed by atoms with E-state index in [-0.39, 0.29) is 41.9 Å². The van der Waals surface area contributed by atoms with E-state index >= 15 is 4.39 Å². The van der Waals surface area contributed by atoms with Gasteiger partial charge in [0.05, 0.1) is 49.3 Å². The number of imidazole rings is 1. The Hall–Kier alpha value is -4.48. The fourth-order valence-corrected chi connectivity index (χ4v) is 8.87. The lowest BCUT2D eigenvalue weighted by Gasteiger charge is -2.59. The van der Waals surface area contributed by atoms with Gasteiger partial charge < -0.3 is 34.6 Å². The van der Waals surface area contributed by atoms with Crippen LogP contribution in [0, 0.1) is 5.92 Å². The van der Waals surface area contributed by atoms with E-state index in [0.717, 1.165) is 41.5 Å². The number of carbonyl (C=O) groups excluding carboxylic acids is 2. The van der Waals surface area contributed by atoms with Gasteiger partial charge in [-0.3, -0.25) is 9.59 Å². The Morgan fingerprint density at radius 2 is 2.02 bits per heavy atom. The molecule has 4 aromatic rings. The van der Waals surface area contributed by atoms with Gasteiger partial charge in [0.25, 0.3) is 5.91 Å². The van der Waals surface area contributed by atoms with Crippen molar-refractivity contribution in [3.8, 4) is 5.75 Å². The van der Waals surface area contributed by atoms with Crippen LogP contribution >= 0.6 is 0 Å². The van der Waals surface area contributed by atoms with Crippen LogP contribution in [-0.4, -0.2) is 87.8 Å². The van der Waals surface area contributed by atoms with Crippen molar-refractivity contribution >= 4 is 22.6 Å². The number of ether oxygens (including phenoxy) is 2. The van der Waals surface area contributed by atoms with Crippen LogP contribution in [0.15, 0.2) is 85.2 Å². The van der Waals surface area contributed by atoms with Crippen LogP contribution in [0.4, 0.5) is 4.39 Å². The third-order valence-corrected chi connectivity index (χ3v) is 11.4. The first-order chi connectivity index (χ1) is 24.5. The highest BCUT2D eigenvalue weighted by atomic mass is 19.1. The summed E-state index contributed by atoms with van der Waals surface area (Å²) in [5, 5.41) is 7.58. The molecule has 4 aliphatic rings. The summed E-state index contributed by atoms with van der Waals surface area (Å²) in [6, 6.07) is 15.5. The third kappa shape index (κ3) is 6.21. The normalized spacial score (nSPS) is 28.9. The topological polar surface area (TPSA) is 114 Å². The number of H-pyrrole nitrogens is 1. The molecular weight excluding hydrogens is 635 g/mol. The molecule has 8 rings (SSSR count). The van der Waals surface area contributed by atoms with Gasteiger partial charge in [-0.05, 0) is 80.3 Å². The second-order valence-corrected chi connectivity index (χ2v) is 14.2. The Balaban J connectivity index is 1.03. The van der Waals surface area contributed by atoms with Crippen LogP contribution in [0.5, 0.6) is 5.75 Å². The van der Waals surface area contributed by atoms with E-state index in [0.29, 0.717) is 38.4 Å². The zero-order valence-corrected chi connectivity index (χ0v) is 28.3. The monoisotopic (exact) mass is 680 g/mol. The molecule has 2 saturated carbocycles. The lowest BCUT2D eigenvalue weighted by atomic mass is 9.68. The minimum Gasteiger partial charge on any atom is -0.497 e. The Labute approximate surface area is 291 Å². The summed E-state index contributed by atoms with van der Waals surface area (Å²) in [5.41, 5.74) is 3.57. The second kappa shape index (κ2) is 14.0. The summed E-state index contributed by atoms with van der Waals surface area (Å²) in [5.74, 6) is -0.208. The predicted molar refractivity (Wildman–Crippen MR) is 187 cm³/mol. The number of aromatic amines is 1. The van der Waals surface area contributed by atoms with Crippen molar-refractivity contribution in [2.75, 3.05) is 20.2 Å². The van der Waals surface area contributed by atoms with Gasteiger partial charge in [-0.15, -0.1) is 0 Å². The minimum atomic E-state index is -1.30. The van der Waals surface area contributed by atoms with E-state index in [4.69, 9.17) is 9.47 Å². The van der Waals surface area contributed by atoms with Crippen molar-refractivity contribution in [3.63, 3.8) is 0 Å². The van der Waals surface area contributed by atoms with E-state index in [9.17, 15) is 9.59 Å². The minimum absolute atomic E-state index is 0.0205. The van der Waals surface area contributed by atoms with E-state index < -0.39 is 24.2 Å². The largest absolute Gasteiger partial charge is 0.497 e. The summed E-state index contributed by atoms with van der Waals surface area (Å²) >= 11 is 0. The number of alkyl halides is 1. The Morgan fingerprint density at radius 1 is 1.14 bits per heavy atom. The molecule has 2 aromatic heterocycles. The number of aromatic nitrogens is 3. The molecule has 2 aromatic carbocycles. The smallest absolute Gasteiger partial charge is 0.256 e. The van der Waals surface area contributed by atoms with Crippen LogP contribution in [0.2, 0.25) is 0 Å². The lowest BCUT2D eigenvalue weighted by molar-refractivity contribution is -0.198. The molecule has 1 amide bonds. The number of nitrogens with one attached hydrogen (secondary N) is 3. The molecule has 11 heteroatoms. The molecule has 2 aliphatic heterocycles. The van der Waals surface area contributed by atoms with Crippen molar-refractivity contribution in [1.29, 1.82) is 0 Å². The number of Topliss-reactive ketones (excluding diaryl/α,β-unsaturated/α-hetero) is 1. The Bertz CT molecular complexity index is 1840. The molecule has 2 aliphatic carbocycles. The molecule has 0 bridgehead atoms. The van der Waals surface area contributed by atoms with Crippen LogP contribution in [0.25, 0.3) is 10.9 Å². The number of morpholine rings is 1. The van der Waals surface area contributed by atoms with Crippen molar-refractivity contribution in [3.05, 3.63) is 96.3 Å². The van der Waals surface area contributed by atoms with Crippen molar-refractivity contribution in [2.24, 2.45) is 5.92 Å². The molecule has 4 heterocycles. The van der Waals surface area contributed by atoms with E-state index in [2.05, 4.69) is 49.8 Å². The number of amides is 1. The Morgan fingerprint density at radius 3 is 2.84 bits per heavy atom. The van der Waals surface area contributed by atoms with E-state index in [1.54, 1.807) is 25.8 Å². The Kier molecular flexibility index (Phi) is 9.18. The number of ketones is 1. The summed E-state index contributed by atoms with van der Waals surface area (Å²) < 4.78 is 30.6. The first-order valence-corrected chi connectivity index (χ1v) is 18.0. The number of fused-ring (bicyclic) bond motifs is 3. The van der Waals surface area contributed by atoms with Crippen LogP contribution in [-0.2, 0) is 27.3 Å². The lowest BCUT2D eigenvalue weighted by Crippen LogP contribution is -2.73. The fourth-order valence-electron chi connectivity index (χ4n) is 8.87. The predicted octanol–water partition coefficient (Wildman–Crippen LogP) is 4.68. The molecule has 3 N–H and O–H groups in total. The summed E-state index contributed by atoms with van der Waals surface area (Å²) in [6.07, 6.45) is 11.3. The molecule has 50 heavy (non-hydrogen) atoms. The molecular formula is C39H45FN6O4. The number of hydrogen-bond donors (Lipinski definition) is 3. The fraction of sp³-hybridized carbons (Fsp3) is 0.462. The van der Waals surface area contributed by atoms with Crippen LogP contribution < -0.4 is 15.4 Å². The van der Waals surface area contributed by atoms with Gasteiger partial charge in [0.2, 0.25) is 0 Å². The zero-order valence-electron chi connectivity index (χ0n) is 28.3. The summed E-state index contributed by atoms with van der Waals surface area (Å²) in [6.45, 7) is 1.68. The highest BCUT2D eigenvalue weighted by molar-refractivity contribution is 6.20. The maximum absolute atomic E-state index is 16.4.